The van der Waals surface area contributed by atoms with Gasteiger partial charge in [-0.3, -0.25) is 29.1 Å². The van der Waals surface area contributed by atoms with E-state index in [4.69, 9.17) is 39.8 Å². The van der Waals surface area contributed by atoms with E-state index in [1.54, 1.807) is 75.1 Å². The van der Waals surface area contributed by atoms with Crippen molar-refractivity contribution >= 4 is 101 Å². The predicted molar refractivity (Wildman–Crippen MR) is 440 cm³/mol. The summed E-state index contributed by atoms with van der Waals surface area (Å²) in [4.78, 5) is 141. The van der Waals surface area contributed by atoms with E-state index in [0.717, 1.165) is 17.7 Å². The maximum Gasteiger partial charge on any atom is 0.355 e. The monoisotopic (exact) mass is 1710 g/mol. The molecule has 0 spiro atoms. The Balaban J connectivity index is 0.000000161. The second-order valence-corrected chi connectivity index (χ2v) is 30.5. The highest BCUT2D eigenvalue weighted by molar-refractivity contribution is 9.10. The maximum atomic E-state index is 14.9. The Bertz CT molecular complexity index is 6040. The molecule has 2 aliphatic rings. The number of carbonyl (C=O) groups is 2. The van der Waals surface area contributed by atoms with Gasteiger partial charge in [0.25, 0.3) is 11.1 Å². The van der Waals surface area contributed by atoms with Crippen molar-refractivity contribution in [3.8, 4) is 50.8 Å². The van der Waals surface area contributed by atoms with Gasteiger partial charge in [0.1, 0.15) is 23.3 Å². The lowest BCUT2D eigenvalue weighted by Crippen LogP contribution is -2.58. The largest absolute Gasteiger partial charge is 0.355 e. The van der Waals surface area contributed by atoms with Crippen LogP contribution in [0.25, 0.3) is 83.9 Å². The van der Waals surface area contributed by atoms with Crippen molar-refractivity contribution in [1.82, 2.24) is 88.6 Å². The summed E-state index contributed by atoms with van der Waals surface area (Å²) in [6.45, 7) is 33.3. The van der Waals surface area contributed by atoms with Crippen LogP contribution in [-0.2, 0) is 9.59 Å². The molecule has 0 saturated carbocycles. The van der Waals surface area contributed by atoms with Gasteiger partial charge in [-0.15, -0.1) is 0 Å². The zero-order valence-corrected chi connectivity index (χ0v) is 68.9. The van der Waals surface area contributed by atoms with Crippen LogP contribution in [0.15, 0.2) is 145 Å². The van der Waals surface area contributed by atoms with Crippen LogP contribution in [0.5, 0.6) is 0 Å². The second kappa shape index (κ2) is 35.3. The summed E-state index contributed by atoms with van der Waals surface area (Å²) in [6.07, 6.45) is 0.810. The van der Waals surface area contributed by atoms with Crippen LogP contribution in [-0.4, -0.2) is 145 Å². The van der Waals surface area contributed by atoms with Crippen molar-refractivity contribution in [2.24, 2.45) is 0 Å². The Morgan fingerprint density at radius 1 is 0.483 bits per heavy atom. The van der Waals surface area contributed by atoms with Crippen molar-refractivity contribution in [3.63, 3.8) is 0 Å². The molecular weight excluding hydrogens is 1630 g/mol. The first-order chi connectivity index (χ1) is 54.9. The molecule has 9 aromatic heterocycles. The van der Waals surface area contributed by atoms with Crippen LogP contribution < -0.4 is 38.4 Å². The van der Waals surface area contributed by atoms with Crippen molar-refractivity contribution in [3.05, 3.63) is 252 Å². The van der Waals surface area contributed by atoms with E-state index in [-0.39, 0.29) is 153 Å². The number of aromatic amines is 2. The minimum absolute atomic E-state index is 0.00289. The fourth-order valence-electron chi connectivity index (χ4n) is 13.7. The standard InChI is InChI=1S/C30H30ClF2N7O2.C21H16BrClFN5O2.C21H16ClF2N5O2.C9H16N2O/c1-7-23(41)38-13-17(5)39(14-16(38)4)27-20-12-21(31)25(19-10-8-9-11-22(19)32)35-28(20)40(30(42)37-27)26-18(6)34-29(33)36-24(26)15(2)3;1-9(2)15-17(10(3)25-20(22)27-15)29-18-12(19(30)28-21(29)31)8-13(23)16(26-18)11-6-4-5-7-14(11)24;1-9(2)15-17(10(3)25-20(24)27-15)29-18-12(19(30)28-21(29)31)8-13(22)16(26-18)11-6-4-5-7-14(11)23;1-4-9(12)11-6-7(2)10-5-8(11)3/h7-12,15-17H,1,13-14H2,2-6H3;2*4-9H,1-3H3,(H,28,30,31);4,7-8,10H,1,5-6H2,2-3H3/t16-,17+;;;7-,8+/m1..0/s1. The van der Waals surface area contributed by atoms with Gasteiger partial charge in [0.15, 0.2) is 21.7 Å². The highest BCUT2D eigenvalue weighted by atomic mass is 79.9. The molecule has 11 heterocycles. The average Bonchev–Trinajstić information content (AvgIpc) is 0.735. The summed E-state index contributed by atoms with van der Waals surface area (Å²) in [5.41, 5.74) is 0.0960. The first-order valence-corrected chi connectivity index (χ1v) is 38.5. The zero-order chi connectivity index (χ0) is 84.5. The van der Waals surface area contributed by atoms with Crippen LogP contribution in [0.4, 0.5) is 27.8 Å². The number of nitrogens with zero attached hydrogens (tertiary/aromatic N) is 16. The third-order valence-electron chi connectivity index (χ3n) is 19.3. The summed E-state index contributed by atoms with van der Waals surface area (Å²) < 4.78 is 76.0. The number of hydrogen-bond acceptors (Lipinski definition) is 19. The van der Waals surface area contributed by atoms with Crippen molar-refractivity contribution < 1.29 is 31.5 Å². The summed E-state index contributed by atoms with van der Waals surface area (Å²) in [7, 11) is 0. The first kappa shape index (κ1) is 85.4. The van der Waals surface area contributed by atoms with Gasteiger partial charge in [0, 0.05) is 67.0 Å². The van der Waals surface area contributed by atoms with Crippen LogP contribution in [0.3, 0.4) is 0 Å². The van der Waals surface area contributed by atoms with Crippen LogP contribution >= 0.6 is 50.7 Å². The Hall–Kier alpha value is -11.5. The minimum atomic E-state index is -0.935. The van der Waals surface area contributed by atoms with Gasteiger partial charge in [-0.2, -0.15) is 13.8 Å². The number of rotatable bonds is 12. The van der Waals surface area contributed by atoms with E-state index in [0.29, 0.717) is 57.8 Å². The van der Waals surface area contributed by atoms with E-state index in [1.165, 1.54) is 76.7 Å². The number of halogens is 9. The fourth-order valence-corrected chi connectivity index (χ4v) is 14.9. The molecule has 2 amide bonds. The Kier molecular flexibility index (Phi) is 26.0. The number of piperazine rings is 2. The molecule has 3 aromatic carbocycles. The number of anilines is 1. The van der Waals surface area contributed by atoms with Gasteiger partial charge >= 0.3 is 29.2 Å². The molecule has 26 nitrogen and oxygen atoms in total. The minimum Gasteiger partial charge on any atom is -0.349 e. The lowest BCUT2D eigenvalue weighted by Gasteiger charge is -2.44. The third kappa shape index (κ3) is 17.4. The number of H-pyrrole nitrogens is 2. The Morgan fingerprint density at radius 3 is 1.26 bits per heavy atom. The molecule has 12 aromatic rings. The number of aromatic nitrogens is 15. The quantitative estimate of drug-likeness (QED) is 0.0581. The van der Waals surface area contributed by atoms with Gasteiger partial charge in [-0.1, -0.05) is 126 Å². The topological polar surface area (TPSA) is 317 Å². The summed E-state index contributed by atoms with van der Waals surface area (Å²) in [6, 6.07) is 22.5. The molecular formula is C81H78BrCl3F5N19O7. The van der Waals surface area contributed by atoms with Crippen molar-refractivity contribution in [2.75, 3.05) is 31.1 Å². The fraction of sp³-hybridized carbons (Fsp3) is 0.296. The van der Waals surface area contributed by atoms with Crippen LogP contribution in [0.2, 0.25) is 15.1 Å². The molecule has 0 aliphatic carbocycles. The highest BCUT2D eigenvalue weighted by Gasteiger charge is 2.36. The van der Waals surface area contributed by atoms with Gasteiger partial charge in [-0.05, 0) is 149 Å². The van der Waals surface area contributed by atoms with E-state index in [1.807, 2.05) is 58.3 Å². The molecule has 14 rings (SSSR count). The highest BCUT2D eigenvalue weighted by Crippen LogP contribution is 2.39. The smallest absolute Gasteiger partial charge is 0.349 e. The summed E-state index contributed by atoms with van der Waals surface area (Å²) in [5.74, 6) is -2.10. The number of aryl methyl sites for hydroxylation is 3. The second-order valence-electron chi connectivity index (χ2n) is 28.6. The predicted octanol–water partition coefficient (Wildman–Crippen LogP) is 14.0. The molecule has 0 radical (unpaired) electrons. The number of pyridine rings is 3. The van der Waals surface area contributed by atoms with Gasteiger partial charge in [0.2, 0.25) is 11.8 Å². The molecule has 35 heteroatoms. The molecule has 2 fully saturated rings. The number of benzene rings is 3. The van der Waals surface area contributed by atoms with Gasteiger partial charge < -0.3 is 20.0 Å². The normalized spacial score (nSPS) is 15.5. The molecule has 116 heavy (non-hydrogen) atoms. The summed E-state index contributed by atoms with van der Waals surface area (Å²) in [5, 5.41) is 4.08. The van der Waals surface area contributed by atoms with Crippen LogP contribution in [0, 0.1) is 50.4 Å². The lowest BCUT2D eigenvalue weighted by atomic mass is 10.1. The Labute approximate surface area is 683 Å². The van der Waals surface area contributed by atoms with Gasteiger partial charge in [0.05, 0.1) is 99.5 Å². The van der Waals surface area contributed by atoms with Gasteiger partial charge in [-0.25, -0.2) is 86.1 Å². The number of fused-ring (bicyclic) bond motifs is 3. The van der Waals surface area contributed by atoms with Crippen LogP contribution in [0.1, 0.15) is 121 Å². The first-order valence-electron chi connectivity index (χ1n) is 36.5. The summed E-state index contributed by atoms with van der Waals surface area (Å²) >= 11 is 22.7. The van der Waals surface area contributed by atoms with E-state index in [2.05, 4.69) is 96.2 Å². The molecule has 602 valence electrons. The zero-order valence-electron chi connectivity index (χ0n) is 65.0. The third-order valence-corrected chi connectivity index (χ3v) is 20.5. The molecule has 2 aliphatic heterocycles. The van der Waals surface area contributed by atoms with E-state index >= 15 is 0 Å². The number of nitrogens with one attached hydrogen (secondary N) is 3. The number of hydrogen-bond donors (Lipinski definition) is 3. The number of amides is 2. The molecule has 0 unspecified atom stereocenters. The van der Waals surface area contributed by atoms with Crippen molar-refractivity contribution in [2.45, 2.75) is 132 Å². The Morgan fingerprint density at radius 2 is 0.853 bits per heavy atom. The average molecular weight is 1710 g/mol. The number of carbonyl (C=O) groups excluding carboxylic acids is 2. The maximum absolute atomic E-state index is 14.9. The molecule has 3 N–H and O–H groups in total. The molecule has 2 saturated heterocycles. The van der Waals surface area contributed by atoms with E-state index < -0.39 is 57.8 Å². The molecule has 0 bridgehead atoms. The van der Waals surface area contributed by atoms with E-state index in [9.17, 15) is 55.5 Å². The molecule has 4 atom stereocenters. The SMILES string of the molecule is C=CC(=O)N1C[C@H](C)N(c2nc(=O)n(-c3c(C)nc(F)nc3C(C)C)c3nc(-c4ccccc4F)c(Cl)cc23)C[C@H]1C.C=CC(=O)N1C[C@H](C)NC[C@H]1C.Cc1nc(Br)nc(C(C)C)c1-n1c(=O)[nH]c(=O)c2cc(Cl)c(-c3ccccc3F)nc21.Cc1nc(F)nc(C(C)C)c1-n1c(=O)[nH]c(=O)c2cc(Cl)c(-c3ccccc3F)nc21. The van der Waals surface area contributed by atoms with Crippen molar-refractivity contribution in [1.29, 1.82) is 0 Å². The lowest BCUT2D eigenvalue weighted by molar-refractivity contribution is -0.129.